The number of benzene rings is 3. The maximum absolute atomic E-state index is 14.2. The Morgan fingerprint density at radius 3 is 2.68 bits per heavy atom. The summed E-state index contributed by atoms with van der Waals surface area (Å²) in [5.74, 6) is -1.09. The highest BCUT2D eigenvalue weighted by molar-refractivity contribution is 6.06. The summed E-state index contributed by atoms with van der Waals surface area (Å²) in [6.45, 7) is 1.75. The number of carbonyl (C=O) groups excluding carboxylic acids is 1. The zero-order valence-corrected chi connectivity index (χ0v) is 11.7. The van der Waals surface area contributed by atoms with E-state index in [1.807, 2.05) is 0 Å². The molecule has 0 aromatic heterocycles. The molecule has 0 aliphatic heterocycles. The van der Waals surface area contributed by atoms with Gasteiger partial charge in [0, 0.05) is 5.39 Å². The quantitative estimate of drug-likeness (QED) is 0.387. The predicted molar refractivity (Wildman–Crippen MR) is 79.0 cm³/mol. The Bertz CT molecular complexity index is 875. The zero-order valence-electron chi connectivity index (χ0n) is 11.7. The maximum atomic E-state index is 14.2. The van der Waals surface area contributed by atoms with E-state index in [4.69, 9.17) is 9.47 Å². The fraction of sp³-hybridized carbons (Fsp3) is 0.118. The van der Waals surface area contributed by atoms with Crippen molar-refractivity contribution in [3.05, 3.63) is 54.1 Å². The smallest absolute Gasteiger partial charge is 0.434 e. The van der Waals surface area contributed by atoms with E-state index >= 15 is 0 Å². The molecule has 0 unspecified atom stereocenters. The van der Waals surface area contributed by atoms with E-state index in [0.29, 0.717) is 16.2 Å². The summed E-state index contributed by atoms with van der Waals surface area (Å²) in [4.78, 5) is 11.6. The number of carbonyl (C=O) groups is 1. The summed E-state index contributed by atoms with van der Waals surface area (Å²) >= 11 is 0. The van der Waals surface area contributed by atoms with Gasteiger partial charge in [0.25, 0.3) is 0 Å². The van der Waals surface area contributed by atoms with E-state index in [0.717, 1.165) is 0 Å². The van der Waals surface area contributed by atoms with Crippen LogP contribution in [0.1, 0.15) is 6.92 Å². The summed E-state index contributed by atoms with van der Waals surface area (Å²) in [6, 6.07) is 10.3. The van der Waals surface area contributed by atoms with Gasteiger partial charge in [-0.2, -0.15) is 0 Å². The van der Waals surface area contributed by atoms with E-state index in [9.17, 15) is 13.6 Å². The lowest BCUT2D eigenvalue weighted by molar-refractivity contribution is 0.105. The highest BCUT2D eigenvalue weighted by atomic mass is 19.1. The highest BCUT2D eigenvalue weighted by Gasteiger charge is 2.17. The Morgan fingerprint density at radius 2 is 1.91 bits per heavy atom. The Morgan fingerprint density at radius 1 is 1.09 bits per heavy atom. The van der Waals surface area contributed by atoms with E-state index in [1.165, 1.54) is 18.2 Å². The van der Waals surface area contributed by atoms with Crippen molar-refractivity contribution in [3.63, 3.8) is 0 Å². The van der Waals surface area contributed by atoms with Crippen LogP contribution in [0.5, 0.6) is 5.75 Å². The van der Waals surface area contributed by atoms with Crippen molar-refractivity contribution in [1.82, 2.24) is 0 Å². The SMILES string of the molecule is CCOC(=O)Oc1c2cc(F)ccc2cc2cccc(F)c12. The number of ether oxygens (including phenoxy) is 2. The standard InChI is InChI=1S/C17H12F2O3/c1-2-21-17(20)22-16-13-9-12(18)7-6-10(13)8-11-4-3-5-14(19)15(11)16/h3-9H,2H2,1H3. The maximum Gasteiger partial charge on any atom is 0.513 e. The molecule has 3 aromatic rings. The molecule has 22 heavy (non-hydrogen) atoms. The minimum absolute atomic E-state index is 0.0384. The third kappa shape index (κ3) is 2.45. The molecule has 112 valence electrons. The second-order valence-corrected chi connectivity index (χ2v) is 4.69. The molecule has 0 saturated carbocycles. The van der Waals surface area contributed by atoms with Crippen LogP contribution < -0.4 is 4.74 Å². The Hall–Kier alpha value is -2.69. The van der Waals surface area contributed by atoms with Gasteiger partial charge in [-0.25, -0.2) is 13.6 Å². The van der Waals surface area contributed by atoms with Crippen LogP contribution in [-0.4, -0.2) is 12.8 Å². The van der Waals surface area contributed by atoms with Crippen LogP contribution in [-0.2, 0) is 4.74 Å². The molecule has 0 aliphatic carbocycles. The van der Waals surface area contributed by atoms with Gasteiger partial charge in [-0.05, 0) is 42.0 Å². The minimum atomic E-state index is -0.955. The van der Waals surface area contributed by atoms with Crippen LogP contribution in [0.4, 0.5) is 13.6 Å². The lowest BCUT2D eigenvalue weighted by atomic mass is 10.0. The van der Waals surface area contributed by atoms with Crippen LogP contribution in [0.15, 0.2) is 42.5 Å². The van der Waals surface area contributed by atoms with Gasteiger partial charge in [-0.15, -0.1) is 0 Å². The normalized spacial score (nSPS) is 10.9. The Labute approximate surface area is 125 Å². The van der Waals surface area contributed by atoms with Gasteiger partial charge < -0.3 is 9.47 Å². The first-order chi connectivity index (χ1) is 10.6. The Balaban J connectivity index is 2.34. The minimum Gasteiger partial charge on any atom is -0.434 e. The Kier molecular flexibility index (Phi) is 3.63. The molecule has 5 heteroatoms. The molecule has 0 atom stereocenters. The van der Waals surface area contributed by atoms with Gasteiger partial charge >= 0.3 is 6.16 Å². The van der Waals surface area contributed by atoms with E-state index in [1.54, 1.807) is 31.2 Å². The topological polar surface area (TPSA) is 35.5 Å². The van der Waals surface area contributed by atoms with Gasteiger partial charge in [0.1, 0.15) is 11.6 Å². The highest BCUT2D eigenvalue weighted by Crippen LogP contribution is 2.37. The predicted octanol–water partition coefficient (Wildman–Crippen LogP) is 4.81. The third-order valence-corrected chi connectivity index (χ3v) is 3.29. The number of rotatable bonds is 2. The number of hydrogen-bond acceptors (Lipinski definition) is 3. The molecule has 3 rings (SSSR count). The molecule has 0 heterocycles. The fourth-order valence-corrected chi connectivity index (χ4v) is 2.39. The zero-order chi connectivity index (χ0) is 15.7. The molecule has 0 aliphatic rings. The number of hydrogen-bond donors (Lipinski definition) is 0. The monoisotopic (exact) mass is 302 g/mol. The number of fused-ring (bicyclic) bond motifs is 2. The third-order valence-electron chi connectivity index (χ3n) is 3.29. The molecule has 0 N–H and O–H groups in total. The van der Waals surface area contributed by atoms with Crippen LogP contribution in [0.2, 0.25) is 0 Å². The average Bonchev–Trinajstić information content (AvgIpc) is 2.48. The first-order valence-electron chi connectivity index (χ1n) is 6.75. The molecule has 0 saturated heterocycles. The van der Waals surface area contributed by atoms with Crippen molar-refractivity contribution in [2.45, 2.75) is 6.92 Å². The molecule has 0 spiro atoms. The van der Waals surface area contributed by atoms with Crippen molar-refractivity contribution >= 4 is 27.7 Å². The first kappa shape index (κ1) is 14.3. The number of halogens is 2. The summed E-state index contributed by atoms with van der Waals surface area (Å²) in [7, 11) is 0. The molecule has 0 amide bonds. The second-order valence-electron chi connectivity index (χ2n) is 4.69. The molecule has 3 nitrogen and oxygen atoms in total. The molecular formula is C17H12F2O3. The van der Waals surface area contributed by atoms with Gasteiger partial charge in [-0.1, -0.05) is 18.2 Å². The van der Waals surface area contributed by atoms with E-state index in [2.05, 4.69) is 0 Å². The van der Waals surface area contributed by atoms with Crippen LogP contribution in [0.25, 0.3) is 21.5 Å². The summed E-state index contributed by atoms with van der Waals surface area (Å²) in [6.07, 6.45) is -0.955. The molecule has 0 fully saturated rings. The van der Waals surface area contributed by atoms with Crippen molar-refractivity contribution in [2.24, 2.45) is 0 Å². The van der Waals surface area contributed by atoms with E-state index < -0.39 is 17.8 Å². The fourth-order valence-electron chi connectivity index (χ4n) is 2.39. The lowest BCUT2D eigenvalue weighted by Gasteiger charge is -2.12. The summed E-state index contributed by atoms with van der Waals surface area (Å²) in [5, 5.41) is 1.62. The van der Waals surface area contributed by atoms with Crippen LogP contribution in [0.3, 0.4) is 0 Å². The van der Waals surface area contributed by atoms with Gasteiger partial charge in [0.2, 0.25) is 0 Å². The molecule has 0 bridgehead atoms. The largest absolute Gasteiger partial charge is 0.513 e. The van der Waals surface area contributed by atoms with Crippen molar-refractivity contribution in [2.75, 3.05) is 6.61 Å². The van der Waals surface area contributed by atoms with E-state index in [-0.39, 0.29) is 17.7 Å². The first-order valence-corrected chi connectivity index (χ1v) is 6.75. The van der Waals surface area contributed by atoms with Gasteiger partial charge in [-0.3, -0.25) is 0 Å². The lowest BCUT2D eigenvalue weighted by Crippen LogP contribution is -2.11. The van der Waals surface area contributed by atoms with Crippen LogP contribution in [0, 0.1) is 11.6 Å². The summed E-state index contributed by atoms with van der Waals surface area (Å²) < 4.78 is 37.6. The average molecular weight is 302 g/mol. The molecule has 3 aromatic carbocycles. The van der Waals surface area contributed by atoms with Crippen molar-refractivity contribution < 1.29 is 23.0 Å². The van der Waals surface area contributed by atoms with Crippen molar-refractivity contribution in [1.29, 1.82) is 0 Å². The summed E-state index contributed by atoms with van der Waals surface area (Å²) in [5.41, 5.74) is 0. The second kappa shape index (κ2) is 5.60. The van der Waals surface area contributed by atoms with Crippen molar-refractivity contribution in [3.8, 4) is 5.75 Å². The van der Waals surface area contributed by atoms with Gasteiger partial charge in [0.15, 0.2) is 5.75 Å². The molecular weight excluding hydrogens is 290 g/mol. The van der Waals surface area contributed by atoms with Crippen LogP contribution >= 0.6 is 0 Å². The van der Waals surface area contributed by atoms with Gasteiger partial charge in [0.05, 0.1) is 12.0 Å². The molecule has 0 radical (unpaired) electrons.